The lowest BCUT2D eigenvalue weighted by molar-refractivity contribution is 0.416. The van der Waals surface area contributed by atoms with Crippen molar-refractivity contribution in [2.24, 2.45) is 0 Å². The van der Waals surface area contributed by atoms with Gasteiger partial charge in [-0.25, -0.2) is 8.42 Å². The minimum atomic E-state index is -3.60. The van der Waals surface area contributed by atoms with Crippen molar-refractivity contribution in [3.8, 4) is 5.75 Å². The third kappa shape index (κ3) is 2.70. The molecule has 0 saturated heterocycles. The average molecular weight is 376 g/mol. The van der Waals surface area contributed by atoms with E-state index in [1.54, 1.807) is 37.3 Å². The van der Waals surface area contributed by atoms with Crippen LogP contribution in [0.2, 0.25) is 0 Å². The summed E-state index contributed by atoms with van der Waals surface area (Å²) >= 11 is 4.72. The number of ether oxygens (including phenoxy) is 1. The highest BCUT2D eigenvalue weighted by atomic mass is 79.9. The highest BCUT2D eigenvalue weighted by Crippen LogP contribution is 2.35. The lowest BCUT2D eigenvalue weighted by Crippen LogP contribution is -2.27. The van der Waals surface area contributed by atoms with Gasteiger partial charge in [0.1, 0.15) is 10.6 Å². The fraction of sp³-hybridized carbons (Fsp3) is 0.231. The maximum atomic E-state index is 12.7. The predicted molar refractivity (Wildman–Crippen MR) is 85.3 cm³/mol. The van der Waals surface area contributed by atoms with Crippen LogP contribution in [0.25, 0.3) is 0 Å². The van der Waals surface area contributed by atoms with Gasteiger partial charge in [0.25, 0.3) is 10.0 Å². The molecular weight excluding hydrogens is 362 g/mol. The van der Waals surface area contributed by atoms with Crippen LogP contribution < -0.4 is 9.04 Å². The number of anilines is 1. The Kier molecular flexibility index (Phi) is 4.41. The molecule has 0 radical (unpaired) electrons. The number of nitrogens with zero attached hydrogens (tertiary/aromatic N) is 1. The van der Waals surface area contributed by atoms with E-state index < -0.39 is 10.0 Å². The van der Waals surface area contributed by atoms with Crippen LogP contribution in [-0.2, 0) is 10.0 Å². The molecule has 20 heavy (non-hydrogen) atoms. The fourth-order valence-electron chi connectivity index (χ4n) is 1.85. The van der Waals surface area contributed by atoms with Crippen LogP contribution in [0.5, 0.6) is 5.75 Å². The summed E-state index contributed by atoms with van der Waals surface area (Å²) in [5.74, 6) is 0.519. The molecule has 0 bridgehead atoms. The summed E-state index contributed by atoms with van der Waals surface area (Å²) in [5.41, 5.74) is 0.511. The van der Waals surface area contributed by atoms with Gasteiger partial charge in [0.05, 0.1) is 16.6 Å². The number of methoxy groups -OCH3 is 1. The SMILES string of the molecule is COc1ccccc1N(C)S(=O)(=O)c1cc(Br)sc1C. The molecule has 2 rings (SSSR count). The zero-order valence-corrected chi connectivity index (χ0v) is 14.5. The summed E-state index contributed by atoms with van der Waals surface area (Å²) < 4.78 is 32.6. The summed E-state index contributed by atoms with van der Waals surface area (Å²) in [4.78, 5) is 1.06. The number of thiophene rings is 1. The molecule has 4 nitrogen and oxygen atoms in total. The number of para-hydroxylation sites is 2. The minimum Gasteiger partial charge on any atom is -0.495 e. The molecule has 0 unspecified atom stereocenters. The summed E-state index contributed by atoms with van der Waals surface area (Å²) in [6.07, 6.45) is 0. The topological polar surface area (TPSA) is 46.6 Å². The normalized spacial score (nSPS) is 11.4. The first-order valence-corrected chi connectivity index (χ1v) is 8.80. The average Bonchev–Trinajstić information content (AvgIpc) is 2.77. The van der Waals surface area contributed by atoms with Crippen LogP contribution in [0.15, 0.2) is 39.0 Å². The summed E-state index contributed by atoms with van der Waals surface area (Å²) in [5, 5.41) is 0. The standard InChI is InChI=1S/C13H14BrNO3S2/c1-9-12(8-13(14)19-9)20(16,17)15(2)10-6-4-5-7-11(10)18-3/h4-8H,1-3H3. The molecule has 7 heteroatoms. The molecule has 0 aliphatic heterocycles. The minimum absolute atomic E-state index is 0.308. The Hall–Kier alpha value is -1.05. The van der Waals surface area contributed by atoms with Gasteiger partial charge < -0.3 is 4.74 Å². The number of halogens is 1. The Labute approximate surface area is 131 Å². The van der Waals surface area contributed by atoms with Crippen molar-refractivity contribution in [3.05, 3.63) is 39.0 Å². The third-order valence-electron chi connectivity index (χ3n) is 2.91. The van der Waals surface area contributed by atoms with Gasteiger partial charge in [-0.2, -0.15) is 0 Å². The van der Waals surface area contributed by atoms with E-state index in [9.17, 15) is 8.42 Å². The van der Waals surface area contributed by atoms with Gasteiger partial charge in [-0.15, -0.1) is 11.3 Å². The zero-order chi connectivity index (χ0) is 14.9. The Morgan fingerprint density at radius 2 is 1.95 bits per heavy atom. The molecule has 108 valence electrons. The molecule has 1 aromatic carbocycles. The highest BCUT2D eigenvalue weighted by molar-refractivity contribution is 9.11. The maximum Gasteiger partial charge on any atom is 0.265 e. The van der Waals surface area contributed by atoms with E-state index in [-0.39, 0.29) is 0 Å². The van der Waals surface area contributed by atoms with Gasteiger partial charge in [-0.3, -0.25) is 4.31 Å². The van der Waals surface area contributed by atoms with Crippen LogP contribution >= 0.6 is 27.3 Å². The van der Waals surface area contributed by atoms with E-state index >= 15 is 0 Å². The number of rotatable bonds is 4. The predicted octanol–water partition coefficient (Wildman–Crippen LogP) is 3.65. The Balaban J connectivity index is 2.52. The first-order chi connectivity index (χ1) is 9.37. The van der Waals surface area contributed by atoms with E-state index in [4.69, 9.17) is 4.74 Å². The third-order valence-corrected chi connectivity index (χ3v) is 6.49. The van der Waals surface area contributed by atoms with Gasteiger partial charge in [-0.05, 0) is 41.1 Å². The fourth-order valence-corrected chi connectivity index (χ4v) is 5.44. The van der Waals surface area contributed by atoms with Gasteiger partial charge in [-0.1, -0.05) is 12.1 Å². The number of hydrogen-bond acceptors (Lipinski definition) is 4. The molecule has 0 saturated carbocycles. The second-order valence-electron chi connectivity index (χ2n) is 4.12. The van der Waals surface area contributed by atoms with Gasteiger partial charge in [0.15, 0.2) is 0 Å². The van der Waals surface area contributed by atoms with Crippen LogP contribution in [0, 0.1) is 6.92 Å². The molecule has 2 aromatic rings. The molecule has 1 heterocycles. The Bertz CT molecular complexity index is 725. The molecule has 0 spiro atoms. The van der Waals surface area contributed by atoms with E-state index in [1.807, 2.05) is 0 Å². The molecule has 0 aliphatic rings. The number of sulfonamides is 1. The van der Waals surface area contributed by atoms with Crippen molar-refractivity contribution >= 4 is 43.0 Å². The monoisotopic (exact) mass is 375 g/mol. The maximum absolute atomic E-state index is 12.7. The molecular formula is C13H14BrNO3S2. The summed E-state index contributed by atoms with van der Waals surface area (Å²) in [7, 11) is -0.555. The van der Waals surface area contributed by atoms with E-state index in [0.29, 0.717) is 16.3 Å². The largest absolute Gasteiger partial charge is 0.495 e. The first-order valence-electron chi connectivity index (χ1n) is 5.76. The van der Waals surface area contributed by atoms with Crippen molar-refractivity contribution < 1.29 is 13.2 Å². The Morgan fingerprint density at radius 3 is 2.50 bits per heavy atom. The molecule has 0 aliphatic carbocycles. The van der Waals surface area contributed by atoms with Crippen molar-refractivity contribution in [3.63, 3.8) is 0 Å². The smallest absolute Gasteiger partial charge is 0.265 e. The van der Waals surface area contributed by atoms with E-state index in [0.717, 1.165) is 8.66 Å². The Morgan fingerprint density at radius 1 is 1.30 bits per heavy atom. The van der Waals surface area contributed by atoms with Crippen molar-refractivity contribution in [2.75, 3.05) is 18.5 Å². The first kappa shape index (κ1) is 15.3. The van der Waals surface area contributed by atoms with Crippen LogP contribution in [0.3, 0.4) is 0 Å². The van der Waals surface area contributed by atoms with E-state index in [1.165, 1.54) is 29.8 Å². The second-order valence-corrected chi connectivity index (χ2v) is 8.69. The lowest BCUT2D eigenvalue weighted by atomic mass is 10.3. The number of aryl methyl sites for hydroxylation is 1. The van der Waals surface area contributed by atoms with E-state index in [2.05, 4.69) is 15.9 Å². The summed E-state index contributed by atoms with van der Waals surface area (Å²) in [6, 6.07) is 8.65. The number of benzene rings is 1. The van der Waals surface area contributed by atoms with Gasteiger partial charge in [0.2, 0.25) is 0 Å². The second kappa shape index (κ2) is 5.75. The molecule has 0 amide bonds. The summed E-state index contributed by atoms with van der Waals surface area (Å²) in [6.45, 7) is 1.79. The van der Waals surface area contributed by atoms with Crippen LogP contribution in [0.1, 0.15) is 4.88 Å². The van der Waals surface area contributed by atoms with Crippen LogP contribution in [-0.4, -0.2) is 22.6 Å². The lowest BCUT2D eigenvalue weighted by Gasteiger charge is -2.21. The molecule has 0 N–H and O–H groups in total. The van der Waals surface area contributed by atoms with Gasteiger partial charge in [0, 0.05) is 11.9 Å². The van der Waals surface area contributed by atoms with Crippen molar-refractivity contribution in [1.82, 2.24) is 0 Å². The van der Waals surface area contributed by atoms with Crippen molar-refractivity contribution in [2.45, 2.75) is 11.8 Å². The van der Waals surface area contributed by atoms with Crippen LogP contribution in [0.4, 0.5) is 5.69 Å². The van der Waals surface area contributed by atoms with Gasteiger partial charge >= 0.3 is 0 Å². The highest BCUT2D eigenvalue weighted by Gasteiger charge is 2.26. The quantitative estimate of drug-likeness (QED) is 0.818. The molecule has 1 aromatic heterocycles. The number of hydrogen-bond donors (Lipinski definition) is 0. The zero-order valence-electron chi connectivity index (χ0n) is 11.3. The van der Waals surface area contributed by atoms with Crippen molar-refractivity contribution in [1.29, 1.82) is 0 Å². The molecule has 0 fully saturated rings. The molecule has 0 atom stereocenters.